The highest BCUT2D eigenvalue weighted by Gasteiger charge is 2.22. The standard InChI is InChI=1S/C12H16BrNO2S/c13-10-4-3-6-12(8-10)17(15,16)9-11-5-1-2-7-14-11/h3-4,6,8,11,14H,1-2,5,7,9H2. The third kappa shape index (κ3) is 3.53. The van der Waals surface area contributed by atoms with Gasteiger partial charge in [0.25, 0.3) is 0 Å². The zero-order valence-corrected chi connectivity index (χ0v) is 11.9. The van der Waals surface area contributed by atoms with E-state index in [-0.39, 0.29) is 11.8 Å². The predicted molar refractivity (Wildman–Crippen MR) is 71.8 cm³/mol. The molecule has 1 aromatic rings. The Kier molecular flexibility index (Phi) is 4.22. The minimum Gasteiger partial charge on any atom is -0.313 e. The van der Waals surface area contributed by atoms with Crippen LogP contribution in [0.5, 0.6) is 0 Å². The first kappa shape index (κ1) is 13.1. The van der Waals surface area contributed by atoms with E-state index in [1.165, 1.54) is 0 Å². The van der Waals surface area contributed by atoms with E-state index in [9.17, 15) is 8.42 Å². The van der Waals surface area contributed by atoms with Gasteiger partial charge in [-0.1, -0.05) is 28.4 Å². The fourth-order valence-electron chi connectivity index (χ4n) is 2.09. The molecule has 0 aliphatic carbocycles. The van der Waals surface area contributed by atoms with Crippen molar-refractivity contribution in [2.75, 3.05) is 12.3 Å². The van der Waals surface area contributed by atoms with Crippen LogP contribution in [0.25, 0.3) is 0 Å². The molecule has 2 rings (SSSR count). The van der Waals surface area contributed by atoms with Crippen molar-refractivity contribution in [3.05, 3.63) is 28.7 Å². The van der Waals surface area contributed by atoms with Gasteiger partial charge in [0, 0.05) is 10.5 Å². The van der Waals surface area contributed by atoms with E-state index in [0.717, 1.165) is 30.3 Å². The van der Waals surface area contributed by atoms with Crippen LogP contribution in [0, 0.1) is 0 Å². The molecule has 1 aliphatic rings. The van der Waals surface area contributed by atoms with Gasteiger partial charge in [0.15, 0.2) is 9.84 Å². The Labute approximate surface area is 111 Å². The lowest BCUT2D eigenvalue weighted by Gasteiger charge is -2.23. The van der Waals surface area contributed by atoms with Gasteiger partial charge in [-0.3, -0.25) is 0 Å². The Bertz CT molecular complexity index is 481. The van der Waals surface area contributed by atoms with Crippen LogP contribution in [-0.2, 0) is 9.84 Å². The van der Waals surface area contributed by atoms with Crippen LogP contribution in [0.3, 0.4) is 0 Å². The number of rotatable bonds is 3. The van der Waals surface area contributed by atoms with Crippen molar-refractivity contribution in [2.24, 2.45) is 0 Å². The molecule has 1 unspecified atom stereocenters. The van der Waals surface area contributed by atoms with E-state index in [1.54, 1.807) is 18.2 Å². The average Bonchev–Trinajstić information content (AvgIpc) is 2.30. The van der Waals surface area contributed by atoms with Crippen molar-refractivity contribution in [1.29, 1.82) is 0 Å². The molecule has 0 bridgehead atoms. The molecule has 17 heavy (non-hydrogen) atoms. The fraction of sp³-hybridized carbons (Fsp3) is 0.500. The average molecular weight is 318 g/mol. The maximum atomic E-state index is 12.2. The zero-order valence-electron chi connectivity index (χ0n) is 9.52. The number of hydrogen-bond acceptors (Lipinski definition) is 3. The van der Waals surface area contributed by atoms with Crippen LogP contribution < -0.4 is 5.32 Å². The van der Waals surface area contributed by atoms with Gasteiger partial charge in [-0.05, 0) is 37.6 Å². The lowest BCUT2D eigenvalue weighted by atomic mass is 10.1. The van der Waals surface area contributed by atoms with E-state index < -0.39 is 9.84 Å². The smallest absolute Gasteiger partial charge is 0.179 e. The third-order valence-corrected chi connectivity index (χ3v) is 5.29. The van der Waals surface area contributed by atoms with Crippen molar-refractivity contribution in [2.45, 2.75) is 30.2 Å². The summed E-state index contributed by atoms with van der Waals surface area (Å²) < 4.78 is 25.2. The second-order valence-electron chi connectivity index (χ2n) is 4.39. The van der Waals surface area contributed by atoms with Gasteiger partial charge in [-0.15, -0.1) is 0 Å². The molecule has 94 valence electrons. The van der Waals surface area contributed by atoms with Crippen LogP contribution in [0.1, 0.15) is 19.3 Å². The summed E-state index contributed by atoms with van der Waals surface area (Å²) >= 11 is 3.30. The summed E-state index contributed by atoms with van der Waals surface area (Å²) in [6, 6.07) is 7.01. The molecule has 1 atom stereocenters. The van der Waals surface area contributed by atoms with E-state index >= 15 is 0 Å². The van der Waals surface area contributed by atoms with Gasteiger partial charge in [0.1, 0.15) is 0 Å². The van der Waals surface area contributed by atoms with Crippen molar-refractivity contribution in [3.63, 3.8) is 0 Å². The molecule has 0 radical (unpaired) electrons. The summed E-state index contributed by atoms with van der Waals surface area (Å²) in [6.07, 6.45) is 3.21. The van der Waals surface area contributed by atoms with Crippen LogP contribution >= 0.6 is 15.9 Å². The fourth-order valence-corrected chi connectivity index (χ4v) is 4.24. The number of sulfone groups is 1. The van der Waals surface area contributed by atoms with Crippen molar-refractivity contribution < 1.29 is 8.42 Å². The molecule has 1 N–H and O–H groups in total. The van der Waals surface area contributed by atoms with Crippen LogP contribution in [0.15, 0.2) is 33.6 Å². The SMILES string of the molecule is O=S(=O)(CC1CCCCN1)c1cccc(Br)c1. The first-order valence-electron chi connectivity index (χ1n) is 5.80. The van der Waals surface area contributed by atoms with Crippen LogP contribution in [0.4, 0.5) is 0 Å². The Morgan fingerprint density at radius 2 is 2.18 bits per heavy atom. The molecular weight excluding hydrogens is 302 g/mol. The number of benzene rings is 1. The first-order chi connectivity index (χ1) is 8.08. The Balaban J connectivity index is 2.13. The molecule has 0 spiro atoms. The molecular formula is C12H16BrNO2S. The largest absolute Gasteiger partial charge is 0.313 e. The second kappa shape index (κ2) is 5.50. The highest BCUT2D eigenvalue weighted by atomic mass is 79.9. The Hall–Kier alpha value is -0.390. The Morgan fingerprint density at radius 1 is 1.35 bits per heavy atom. The lowest BCUT2D eigenvalue weighted by molar-refractivity contribution is 0.423. The molecule has 1 aromatic carbocycles. The third-order valence-electron chi connectivity index (χ3n) is 2.99. The summed E-state index contributed by atoms with van der Waals surface area (Å²) in [5, 5.41) is 3.27. The topological polar surface area (TPSA) is 46.2 Å². The molecule has 3 nitrogen and oxygen atoms in total. The highest BCUT2D eigenvalue weighted by molar-refractivity contribution is 9.10. The van der Waals surface area contributed by atoms with Gasteiger partial charge in [0.05, 0.1) is 10.6 Å². The number of halogens is 1. The molecule has 1 fully saturated rings. The van der Waals surface area contributed by atoms with E-state index in [4.69, 9.17) is 0 Å². The number of nitrogens with one attached hydrogen (secondary N) is 1. The molecule has 0 amide bonds. The maximum Gasteiger partial charge on any atom is 0.179 e. The van der Waals surface area contributed by atoms with Crippen LogP contribution in [-0.4, -0.2) is 26.8 Å². The number of hydrogen-bond donors (Lipinski definition) is 1. The predicted octanol–water partition coefficient (Wildman–Crippen LogP) is 2.36. The van der Waals surface area contributed by atoms with E-state index in [2.05, 4.69) is 21.2 Å². The summed E-state index contributed by atoms with van der Waals surface area (Å²) in [6.45, 7) is 0.929. The van der Waals surface area contributed by atoms with Gasteiger partial charge in [-0.25, -0.2) is 8.42 Å². The van der Waals surface area contributed by atoms with Gasteiger partial charge in [-0.2, -0.15) is 0 Å². The maximum absolute atomic E-state index is 12.2. The van der Waals surface area contributed by atoms with E-state index in [0.29, 0.717) is 4.90 Å². The van der Waals surface area contributed by atoms with Crippen molar-refractivity contribution in [3.8, 4) is 0 Å². The normalized spacial score (nSPS) is 21.4. The van der Waals surface area contributed by atoms with Gasteiger partial charge >= 0.3 is 0 Å². The summed E-state index contributed by atoms with van der Waals surface area (Å²) in [5.41, 5.74) is 0. The molecule has 1 aliphatic heterocycles. The van der Waals surface area contributed by atoms with Gasteiger partial charge < -0.3 is 5.32 Å². The summed E-state index contributed by atoms with van der Waals surface area (Å²) in [7, 11) is -3.17. The van der Waals surface area contributed by atoms with Crippen molar-refractivity contribution >= 4 is 25.8 Å². The quantitative estimate of drug-likeness (QED) is 0.931. The minimum atomic E-state index is -3.17. The second-order valence-corrected chi connectivity index (χ2v) is 7.34. The Morgan fingerprint density at radius 3 is 2.82 bits per heavy atom. The van der Waals surface area contributed by atoms with E-state index in [1.807, 2.05) is 6.07 Å². The summed E-state index contributed by atoms with van der Waals surface area (Å²) in [5.74, 6) is 0.198. The molecule has 1 saturated heterocycles. The number of piperidine rings is 1. The van der Waals surface area contributed by atoms with Crippen LogP contribution in [0.2, 0.25) is 0 Å². The highest BCUT2D eigenvalue weighted by Crippen LogP contribution is 2.19. The molecule has 1 heterocycles. The summed E-state index contributed by atoms with van der Waals surface area (Å²) in [4.78, 5) is 0.402. The molecule has 5 heteroatoms. The minimum absolute atomic E-state index is 0.104. The first-order valence-corrected chi connectivity index (χ1v) is 8.24. The van der Waals surface area contributed by atoms with Crippen molar-refractivity contribution in [1.82, 2.24) is 5.32 Å². The molecule has 0 aromatic heterocycles. The molecule has 0 saturated carbocycles. The monoisotopic (exact) mass is 317 g/mol. The van der Waals surface area contributed by atoms with Gasteiger partial charge in [0.2, 0.25) is 0 Å². The lowest BCUT2D eigenvalue weighted by Crippen LogP contribution is -2.39. The zero-order chi connectivity index (χ0) is 12.3.